The summed E-state index contributed by atoms with van der Waals surface area (Å²) in [5.41, 5.74) is 0. The van der Waals surface area contributed by atoms with Gasteiger partial charge in [-0.1, -0.05) is 58.3 Å². The van der Waals surface area contributed by atoms with Crippen molar-refractivity contribution < 1.29 is 17.9 Å². The SMILES string of the molecule is CCCCCCCCOC(=O)/C(=C\C=C\N(CC)CC)S(=O)OC1CCCCC1. The van der Waals surface area contributed by atoms with E-state index in [9.17, 15) is 9.00 Å². The second kappa shape index (κ2) is 16.6. The molecule has 6 heteroatoms. The number of carbonyl (C=O) groups excluding carboxylic acids is 1. The molecule has 0 amide bonds. The third-order valence-corrected chi connectivity index (χ3v) is 6.35. The van der Waals surface area contributed by atoms with Crippen molar-refractivity contribution in [2.24, 2.45) is 0 Å². The number of hydrogen-bond donors (Lipinski definition) is 0. The number of ether oxygens (including phenoxy) is 1. The summed E-state index contributed by atoms with van der Waals surface area (Å²) in [6.07, 6.45) is 17.1. The van der Waals surface area contributed by atoms with Gasteiger partial charge >= 0.3 is 5.97 Å². The van der Waals surface area contributed by atoms with Crippen LogP contribution in [0, 0.1) is 0 Å². The molecule has 0 N–H and O–H groups in total. The van der Waals surface area contributed by atoms with Crippen LogP contribution < -0.4 is 0 Å². The standard InChI is InChI=1S/C23H41NO4S/c1-4-7-8-9-10-14-20-27-23(25)22(18-15-19-24(5-2)6-3)29(26)28-21-16-12-11-13-17-21/h15,18-19,21H,4-14,16-17,20H2,1-3H3/b19-15+,22-18+. The minimum atomic E-state index is -1.80. The maximum absolute atomic E-state index is 12.7. The molecule has 0 spiro atoms. The maximum Gasteiger partial charge on any atom is 0.349 e. The summed E-state index contributed by atoms with van der Waals surface area (Å²) in [4.78, 5) is 14.8. The molecule has 1 fully saturated rings. The van der Waals surface area contributed by atoms with E-state index in [1.165, 1.54) is 25.7 Å². The van der Waals surface area contributed by atoms with Gasteiger partial charge in [0, 0.05) is 13.1 Å². The quantitative estimate of drug-likeness (QED) is 0.146. The first kappa shape index (κ1) is 25.9. The average Bonchev–Trinajstić information content (AvgIpc) is 2.73. The van der Waals surface area contributed by atoms with Gasteiger partial charge in [0.1, 0.15) is 0 Å². The lowest BCUT2D eigenvalue weighted by atomic mass is 9.98. The van der Waals surface area contributed by atoms with Gasteiger partial charge < -0.3 is 9.64 Å². The fraction of sp³-hybridized carbons (Fsp3) is 0.783. The smallest absolute Gasteiger partial charge is 0.349 e. The lowest BCUT2D eigenvalue weighted by Crippen LogP contribution is -2.22. The number of esters is 1. The summed E-state index contributed by atoms with van der Waals surface area (Å²) < 4.78 is 23.9. The molecule has 0 radical (unpaired) electrons. The Morgan fingerprint density at radius 2 is 1.66 bits per heavy atom. The third kappa shape index (κ3) is 11.6. The lowest BCUT2D eigenvalue weighted by Gasteiger charge is -2.21. The van der Waals surface area contributed by atoms with E-state index < -0.39 is 17.0 Å². The van der Waals surface area contributed by atoms with E-state index in [2.05, 4.69) is 25.7 Å². The van der Waals surface area contributed by atoms with E-state index in [0.717, 1.165) is 58.0 Å². The van der Waals surface area contributed by atoms with Crippen LogP contribution in [0.25, 0.3) is 0 Å². The number of rotatable bonds is 15. The summed E-state index contributed by atoms with van der Waals surface area (Å²) in [5, 5.41) is 0. The van der Waals surface area contributed by atoms with Crippen LogP contribution >= 0.6 is 0 Å². The lowest BCUT2D eigenvalue weighted by molar-refractivity contribution is -0.138. The van der Waals surface area contributed by atoms with Crippen molar-refractivity contribution >= 4 is 17.0 Å². The number of allylic oxidation sites excluding steroid dienone is 2. The Kier molecular flexibility index (Phi) is 14.9. The molecule has 1 aliphatic rings. The predicted molar refractivity (Wildman–Crippen MR) is 121 cm³/mol. The zero-order chi connectivity index (χ0) is 21.3. The Hall–Kier alpha value is -1.14. The first-order chi connectivity index (χ1) is 14.1. The highest BCUT2D eigenvalue weighted by Gasteiger charge is 2.24. The molecule has 0 bridgehead atoms. The van der Waals surface area contributed by atoms with E-state index in [1.807, 2.05) is 6.20 Å². The van der Waals surface area contributed by atoms with Crippen LogP contribution in [-0.2, 0) is 24.8 Å². The molecule has 0 aromatic rings. The van der Waals surface area contributed by atoms with E-state index in [1.54, 1.807) is 12.2 Å². The second-order valence-electron chi connectivity index (χ2n) is 7.59. The third-order valence-electron chi connectivity index (χ3n) is 5.24. The molecular weight excluding hydrogens is 386 g/mol. The predicted octanol–water partition coefficient (Wildman–Crippen LogP) is 5.64. The molecule has 0 aromatic heterocycles. The number of unbranched alkanes of at least 4 members (excludes halogenated alkanes) is 5. The van der Waals surface area contributed by atoms with Crippen LogP contribution in [0.5, 0.6) is 0 Å². The monoisotopic (exact) mass is 427 g/mol. The van der Waals surface area contributed by atoms with E-state index in [-0.39, 0.29) is 11.0 Å². The Labute approximate surface area is 180 Å². The second-order valence-corrected chi connectivity index (χ2v) is 8.69. The highest BCUT2D eigenvalue weighted by molar-refractivity contribution is 7.85. The molecule has 0 saturated heterocycles. The van der Waals surface area contributed by atoms with Crippen LogP contribution in [0.4, 0.5) is 0 Å². The van der Waals surface area contributed by atoms with Crippen molar-refractivity contribution in [3.8, 4) is 0 Å². The molecule has 29 heavy (non-hydrogen) atoms. The number of carbonyl (C=O) groups is 1. The molecule has 1 aliphatic carbocycles. The van der Waals surface area contributed by atoms with Crippen molar-refractivity contribution in [3.05, 3.63) is 23.3 Å². The molecule has 0 aliphatic heterocycles. The van der Waals surface area contributed by atoms with Crippen molar-refractivity contribution in [2.75, 3.05) is 19.7 Å². The van der Waals surface area contributed by atoms with Crippen LogP contribution in [0.2, 0.25) is 0 Å². The van der Waals surface area contributed by atoms with E-state index in [0.29, 0.717) is 6.61 Å². The van der Waals surface area contributed by atoms with E-state index in [4.69, 9.17) is 8.92 Å². The van der Waals surface area contributed by atoms with Gasteiger partial charge in [0.25, 0.3) is 0 Å². The van der Waals surface area contributed by atoms with Crippen molar-refractivity contribution in [1.29, 1.82) is 0 Å². The minimum absolute atomic E-state index is 0.0360. The number of hydrogen-bond acceptors (Lipinski definition) is 5. The summed E-state index contributed by atoms with van der Waals surface area (Å²) in [6, 6.07) is 0. The van der Waals surface area contributed by atoms with Gasteiger partial charge in [-0.15, -0.1) is 0 Å². The van der Waals surface area contributed by atoms with Gasteiger partial charge in [0.05, 0.1) is 12.7 Å². The van der Waals surface area contributed by atoms with Gasteiger partial charge in [-0.3, -0.25) is 4.18 Å². The summed E-state index contributed by atoms with van der Waals surface area (Å²) in [6.45, 7) is 8.44. The largest absolute Gasteiger partial charge is 0.462 e. The van der Waals surface area contributed by atoms with Crippen LogP contribution in [-0.4, -0.2) is 40.9 Å². The molecule has 1 unspecified atom stereocenters. The van der Waals surface area contributed by atoms with Gasteiger partial charge in [0.2, 0.25) is 0 Å². The minimum Gasteiger partial charge on any atom is -0.462 e. The highest BCUT2D eigenvalue weighted by Crippen LogP contribution is 2.23. The molecule has 0 heterocycles. The fourth-order valence-corrected chi connectivity index (χ4v) is 4.26. The van der Waals surface area contributed by atoms with Crippen molar-refractivity contribution in [3.63, 3.8) is 0 Å². The highest BCUT2D eigenvalue weighted by atomic mass is 32.2. The molecule has 0 aromatic carbocycles. The van der Waals surface area contributed by atoms with Crippen molar-refractivity contribution in [2.45, 2.75) is 97.5 Å². The zero-order valence-electron chi connectivity index (χ0n) is 18.7. The Balaban J connectivity index is 2.62. The summed E-state index contributed by atoms with van der Waals surface area (Å²) >= 11 is -1.80. The van der Waals surface area contributed by atoms with Gasteiger partial charge in [0.15, 0.2) is 16.0 Å². The average molecular weight is 428 g/mol. The zero-order valence-corrected chi connectivity index (χ0v) is 19.5. The van der Waals surface area contributed by atoms with Crippen LogP contribution in [0.15, 0.2) is 23.3 Å². The summed E-state index contributed by atoms with van der Waals surface area (Å²) in [5.74, 6) is -0.531. The molecule has 5 nitrogen and oxygen atoms in total. The van der Waals surface area contributed by atoms with Crippen molar-refractivity contribution in [1.82, 2.24) is 4.90 Å². The van der Waals surface area contributed by atoms with Gasteiger partial charge in [-0.25, -0.2) is 9.00 Å². The maximum atomic E-state index is 12.7. The molecule has 168 valence electrons. The van der Waals surface area contributed by atoms with Gasteiger partial charge in [-0.2, -0.15) is 0 Å². The summed E-state index contributed by atoms with van der Waals surface area (Å²) in [7, 11) is 0. The topological polar surface area (TPSA) is 55.8 Å². The molecule has 1 rings (SSSR count). The first-order valence-corrected chi connectivity index (χ1v) is 12.6. The first-order valence-electron chi connectivity index (χ1n) is 11.5. The Bertz CT molecular complexity index is 523. The normalized spacial score (nSPS) is 16.9. The molecular formula is C23H41NO4S. The van der Waals surface area contributed by atoms with Crippen LogP contribution in [0.3, 0.4) is 0 Å². The van der Waals surface area contributed by atoms with Crippen LogP contribution in [0.1, 0.15) is 91.4 Å². The van der Waals surface area contributed by atoms with Gasteiger partial charge in [-0.05, 0) is 51.5 Å². The molecule has 1 saturated carbocycles. The fourth-order valence-electron chi connectivity index (χ4n) is 3.33. The van der Waals surface area contributed by atoms with E-state index >= 15 is 0 Å². The Morgan fingerprint density at radius 3 is 2.31 bits per heavy atom. The number of nitrogens with zero attached hydrogens (tertiary/aromatic N) is 1. The molecule has 1 atom stereocenters. The Morgan fingerprint density at radius 1 is 1.00 bits per heavy atom.